The van der Waals surface area contributed by atoms with Crippen LogP contribution in [-0.2, 0) is 4.79 Å². The van der Waals surface area contributed by atoms with E-state index in [1.54, 1.807) is 24.3 Å². The normalized spacial score (nSPS) is 19.8. The maximum absolute atomic E-state index is 10.6. The number of carbonyl (C=O) groups is 1. The first-order chi connectivity index (χ1) is 7.00. The van der Waals surface area contributed by atoms with Crippen molar-refractivity contribution in [2.24, 2.45) is 4.99 Å². The lowest BCUT2D eigenvalue weighted by molar-refractivity contribution is -0.135. The average molecular weight is 177 g/mol. The van der Waals surface area contributed by atoms with E-state index in [0.717, 1.165) is 0 Å². The van der Waals surface area contributed by atoms with Gasteiger partial charge >= 0.3 is 5.97 Å². The van der Waals surface area contributed by atoms with Crippen LogP contribution in [0.5, 0.6) is 0 Å². The van der Waals surface area contributed by atoms with E-state index in [0.29, 0.717) is 10.6 Å². The summed E-state index contributed by atoms with van der Waals surface area (Å²) in [6, 6.07) is 6.88. The molecule has 1 aromatic rings. The smallest absolute Gasteiger partial charge is 0.307 e. The Morgan fingerprint density at radius 3 is 3.15 bits per heavy atom. The second kappa shape index (κ2) is 3.01. The molecule has 1 heterocycles. The van der Waals surface area contributed by atoms with E-state index in [-0.39, 0.29) is 12.0 Å². The molecule has 1 aromatic carbocycles. The first-order valence-corrected chi connectivity index (χ1v) is 3.91. The number of carboxylic acid groups (broad SMARTS) is 1. The highest BCUT2D eigenvalue weighted by Gasteiger charge is 2.08. The van der Waals surface area contributed by atoms with Gasteiger partial charge in [-0.15, -0.1) is 0 Å². The molecule has 66 valence electrons. The third-order valence-electron chi connectivity index (χ3n) is 1.87. The molecule has 0 aromatic heterocycles. The van der Waals surface area contributed by atoms with Crippen LogP contribution in [0.3, 0.4) is 0 Å². The summed E-state index contributed by atoms with van der Waals surface area (Å²) in [6.45, 7) is -1.89. The van der Waals surface area contributed by atoms with E-state index in [2.05, 4.69) is 4.99 Å². The monoisotopic (exact) mass is 177 g/mol. The van der Waals surface area contributed by atoms with Crippen LogP contribution in [0.25, 0.3) is 5.57 Å². The van der Waals surface area contributed by atoms with Gasteiger partial charge in [0.2, 0.25) is 0 Å². The zero-order valence-electron chi connectivity index (χ0n) is 8.82. The predicted octanol–water partition coefficient (Wildman–Crippen LogP) is -0.0548. The highest BCUT2D eigenvalue weighted by atomic mass is 16.4. The highest BCUT2D eigenvalue weighted by molar-refractivity contribution is 5.78. The van der Waals surface area contributed by atoms with Gasteiger partial charge in [0.15, 0.2) is 0 Å². The fourth-order valence-electron chi connectivity index (χ4n) is 1.30. The van der Waals surface area contributed by atoms with Gasteiger partial charge in [-0.25, -0.2) is 0 Å². The summed E-state index contributed by atoms with van der Waals surface area (Å²) in [4.78, 5) is 14.5. The summed E-state index contributed by atoms with van der Waals surface area (Å²) in [5.74, 6) is -1.04. The second-order valence-corrected chi connectivity index (χ2v) is 2.79. The van der Waals surface area contributed by atoms with E-state index < -0.39 is 12.5 Å². The molecule has 0 saturated heterocycles. The van der Waals surface area contributed by atoms with Gasteiger partial charge < -0.3 is 5.11 Å². The molecule has 1 aliphatic rings. The van der Waals surface area contributed by atoms with Crippen LogP contribution in [0, 0.1) is 0 Å². The molecule has 3 heteroatoms. The van der Waals surface area contributed by atoms with Crippen molar-refractivity contribution in [3.05, 3.63) is 34.8 Å². The molecule has 0 unspecified atom stereocenters. The number of aliphatic carboxylic acids is 1. The average Bonchev–Trinajstić information content (AvgIpc) is 2.37. The number of hydrogen-bond donors (Lipinski definition) is 1. The summed E-state index contributed by atoms with van der Waals surface area (Å²) in [6.07, 6.45) is -0.312. The van der Waals surface area contributed by atoms with Crippen molar-refractivity contribution in [1.82, 2.24) is 0 Å². The van der Waals surface area contributed by atoms with Crippen molar-refractivity contribution in [3.8, 4) is 0 Å². The third-order valence-corrected chi connectivity index (χ3v) is 1.87. The van der Waals surface area contributed by atoms with Crippen molar-refractivity contribution in [1.29, 1.82) is 0 Å². The van der Waals surface area contributed by atoms with Gasteiger partial charge in [0, 0.05) is 5.22 Å². The minimum atomic E-state index is -1.89. The molecule has 1 aliphatic heterocycles. The Hall–Kier alpha value is -1.64. The summed E-state index contributed by atoms with van der Waals surface area (Å²) in [7, 11) is 0. The van der Waals surface area contributed by atoms with Crippen LogP contribution < -0.4 is 10.6 Å². The van der Waals surface area contributed by atoms with Gasteiger partial charge in [0.1, 0.15) is 0 Å². The largest absolute Gasteiger partial charge is 0.481 e. The van der Waals surface area contributed by atoms with E-state index in [1.165, 1.54) is 0 Å². The van der Waals surface area contributed by atoms with Gasteiger partial charge in [0.25, 0.3) is 0 Å². The molecule has 0 aliphatic carbocycles. The Balaban J connectivity index is 2.69. The van der Waals surface area contributed by atoms with Gasteiger partial charge in [-0.05, 0) is 11.6 Å². The third kappa shape index (κ3) is 1.45. The van der Waals surface area contributed by atoms with Crippen LogP contribution in [0.1, 0.15) is 9.16 Å². The number of nitrogens with zero attached hydrogens (tertiary/aromatic N) is 1. The topological polar surface area (TPSA) is 49.7 Å². The Morgan fingerprint density at radius 2 is 2.38 bits per heavy atom. The van der Waals surface area contributed by atoms with Gasteiger partial charge in [-0.1, -0.05) is 18.2 Å². The molecule has 0 amide bonds. The molecule has 0 spiro atoms. The van der Waals surface area contributed by atoms with E-state index >= 15 is 0 Å². The number of rotatable bonds is 2. The van der Waals surface area contributed by atoms with Crippen LogP contribution in [-0.4, -0.2) is 17.6 Å². The van der Waals surface area contributed by atoms with Crippen molar-refractivity contribution in [3.63, 3.8) is 0 Å². The van der Waals surface area contributed by atoms with Crippen molar-refractivity contribution < 1.29 is 12.6 Å². The standard InChI is InChI=1S/C10H9NO2/c12-10(13)5-7-6-11-9-4-2-1-3-8(7)9/h1-4H,5-6H2,(H,12,13)/i6D2. The van der Waals surface area contributed by atoms with Crippen molar-refractivity contribution in [2.45, 2.75) is 6.42 Å². The maximum atomic E-state index is 10.6. The summed E-state index contributed by atoms with van der Waals surface area (Å²) >= 11 is 0. The molecular weight excluding hydrogens is 166 g/mol. The molecule has 13 heavy (non-hydrogen) atoms. The number of fused-ring (bicyclic) bond motifs is 1. The van der Waals surface area contributed by atoms with Crippen LogP contribution in [0.4, 0.5) is 0 Å². The molecule has 0 fully saturated rings. The molecule has 3 nitrogen and oxygen atoms in total. The highest BCUT2D eigenvalue weighted by Crippen LogP contribution is 2.02. The zero-order valence-corrected chi connectivity index (χ0v) is 6.82. The molecule has 2 rings (SSSR count). The lowest BCUT2D eigenvalue weighted by Gasteiger charge is -1.93. The fraction of sp³-hybridized carbons (Fsp3) is 0.200. The second-order valence-electron chi connectivity index (χ2n) is 2.79. The molecular formula is C10H9NO2. The Labute approximate surface area is 77.9 Å². The first kappa shape index (κ1) is 5.91. The molecule has 1 N–H and O–H groups in total. The van der Waals surface area contributed by atoms with Crippen LogP contribution in [0.15, 0.2) is 29.3 Å². The Morgan fingerprint density at radius 1 is 1.62 bits per heavy atom. The van der Waals surface area contributed by atoms with Crippen molar-refractivity contribution in [2.75, 3.05) is 6.50 Å². The minimum absolute atomic E-state index is 0.227. The van der Waals surface area contributed by atoms with E-state index in [1.807, 2.05) is 0 Å². The van der Waals surface area contributed by atoms with Gasteiger partial charge in [-0.2, -0.15) is 0 Å². The SMILES string of the molecule is [2H]C1([2H])N=c2ccccc2=C1CC(=O)O. The number of benzene rings is 1. The zero-order chi connectivity index (χ0) is 11.1. The quantitative estimate of drug-likeness (QED) is 0.688. The molecule has 0 bridgehead atoms. The number of hydrogen-bond acceptors (Lipinski definition) is 2. The predicted molar refractivity (Wildman–Crippen MR) is 47.8 cm³/mol. The first-order valence-electron chi connectivity index (χ1n) is 4.91. The van der Waals surface area contributed by atoms with Gasteiger partial charge in [-0.3, -0.25) is 9.79 Å². The van der Waals surface area contributed by atoms with Gasteiger partial charge in [0.05, 0.1) is 21.0 Å². The Bertz CT molecular complexity index is 537. The number of para-hydroxylation sites is 1. The molecule has 0 saturated carbocycles. The summed E-state index contributed by atoms with van der Waals surface area (Å²) in [5, 5.41) is 9.83. The summed E-state index contributed by atoms with van der Waals surface area (Å²) < 4.78 is 15.2. The molecule has 0 atom stereocenters. The van der Waals surface area contributed by atoms with Crippen molar-refractivity contribution >= 4 is 11.5 Å². The lowest BCUT2D eigenvalue weighted by Crippen LogP contribution is -2.22. The van der Waals surface area contributed by atoms with Crippen LogP contribution >= 0.6 is 0 Å². The number of carboxylic acids is 1. The fourth-order valence-corrected chi connectivity index (χ4v) is 1.30. The maximum Gasteiger partial charge on any atom is 0.307 e. The molecule has 0 radical (unpaired) electrons. The lowest BCUT2D eigenvalue weighted by atomic mass is 10.1. The van der Waals surface area contributed by atoms with E-state index in [9.17, 15) is 4.79 Å². The van der Waals surface area contributed by atoms with E-state index in [4.69, 9.17) is 7.85 Å². The van der Waals surface area contributed by atoms with Crippen LogP contribution in [0.2, 0.25) is 0 Å². The summed E-state index contributed by atoms with van der Waals surface area (Å²) in [5.41, 5.74) is 0.227. The minimum Gasteiger partial charge on any atom is -0.481 e. The Kier molecular flexibility index (Phi) is 1.37.